The number of amides is 1. The molecule has 1 unspecified atom stereocenters. The van der Waals surface area contributed by atoms with E-state index in [0.29, 0.717) is 45.6 Å². The molecule has 2 saturated heterocycles. The predicted molar refractivity (Wildman–Crippen MR) is 142 cm³/mol. The van der Waals surface area contributed by atoms with Crippen molar-refractivity contribution in [2.75, 3.05) is 23.4 Å². The lowest BCUT2D eigenvalue weighted by atomic mass is 10.0. The molecule has 1 atom stereocenters. The van der Waals surface area contributed by atoms with Crippen LogP contribution in [-0.2, 0) is 28.1 Å². The van der Waals surface area contributed by atoms with E-state index < -0.39 is 21.4 Å². The highest BCUT2D eigenvalue weighted by Gasteiger charge is 2.42. The molecule has 35 heavy (non-hydrogen) atoms. The Bertz CT molecular complexity index is 1440. The monoisotopic (exact) mass is 528 g/mol. The topological polar surface area (TPSA) is 112 Å². The number of hydrogen-bond donors (Lipinski definition) is 1. The Morgan fingerprint density at radius 3 is 2.63 bits per heavy atom. The number of carbonyl (C=O) groups is 1. The Morgan fingerprint density at radius 2 is 2.00 bits per heavy atom. The summed E-state index contributed by atoms with van der Waals surface area (Å²) in [5, 5.41) is 12.9. The van der Waals surface area contributed by atoms with Crippen molar-refractivity contribution in [3.8, 4) is 6.07 Å². The Labute approximate surface area is 213 Å². The van der Waals surface area contributed by atoms with Crippen molar-refractivity contribution >= 4 is 55.9 Å². The number of aromatic nitrogens is 1. The summed E-state index contributed by atoms with van der Waals surface area (Å²) in [4.78, 5) is 27.8. The Morgan fingerprint density at radius 1 is 1.29 bits per heavy atom. The highest BCUT2D eigenvalue weighted by Crippen LogP contribution is 2.37. The Kier molecular flexibility index (Phi) is 7.17. The third kappa shape index (κ3) is 5.05. The largest absolute Gasteiger partial charge is 0.371 e. The molecule has 0 saturated carbocycles. The van der Waals surface area contributed by atoms with Gasteiger partial charge in [0.1, 0.15) is 21.8 Å². The van der Waals surface area contributed by atoms with E-state index in [1.165, 1.54) is 9.47 Å². The van der Waals surface area contributed by atoms with E-state index in [1.807, 2.05) is 36.4 Å². The zero-order valence-electron chi connectivity index (χ0n) is 19.3. The second-order valence-corrected chi connectivity index (χ2v) is 12.4. The zero-order valence-corrected chi connectivity index (χ0v) is 21.7. The van der Waals surface area contributed by atoms with Crippen molar-refractivity contribution in [3.05, 3.63) is 67.8 Å². The summed E-state index contributed by atoms with van der Waals surface area (Å²) in [6.07, 6.45) is 2.71. The average molecular weight is 529 g/mol. The minimum absolute atomic E-state index is 0.00437. The molecule has 4 rings (SSSR count). The van der Waals surface area contributed by atoms with E-state index in [0.717, 1.165) is 17.3 Å². The fourth-order valence-electron chi connectivity index (χ4n) is 4.32. The number of carbonyl (C=O) groups excluding carboxylic acids is 1. The lowest BCUT2D eigenvalue weighted by Crippen LogP contribution is -2.39. The van der Waals surface area contributed by atoms with Crippen LogP contribution in [0.15, 0.2) is 40.0 Å². The minimum atomic E-state index is -3.19. The quantitative estimate of drug-likeness (QED) is 0.450. The SMILES string of the molecule is Cc1c(/C=C2/SC(=S)N(C3CCS(=O)(=O)C3)C2=O)c(NCCc2ccccc2)n(C)c(=O)c1C#N. The molecule has 182 valence electrons. The fourth-order valence-corrected chi connectivity index (χ4v) is 7.40. The van der Waals surface area contributed by atoms with E-state index in [9.17, 15) is 23.3 Å². The van der Waals surface area contributed by atoms with Gasteiger partial charge in [-0.3, -0.25) is 19.1 Å². The van der Waals surface area contributed by atoms with Gasteiger partial charge in [-0.2, -0.15) is 5.26 Å². The van der Waals surface area contributed by atoms with Crippen LogP contribution in [0.2, 0.25) is 0 Å². The molecule has 0 bridgehead atoms. The van der Waals surface area contributed by atoms with Crippen LogP contribution in [0.25, 0.3) is 6.08 Å². The molecular formula is C24H24N4O4S3. The van der Waals surface area contributed by atoms with E-state index in [-0.39, 0.29) is 23.0 Å². The standard InChI is InChI=1S/C24H24N4O4S3/c1-15-18(12-20-23(30)28(24(33)34-20)17-9-11-35(31,32)14-17)21(27(2)22(29)19(15)13-25)26-10-8-16-6-4-3-5-7-16/h3-7,12,17,26H,8-11,14H2,1-2H3/b20-12+. The van der Waals surface area contributed by atoms with Crippen LogP contribution >= 0.6 is 24.0 Å². The molecule has 2 aromatic rings. The van der Waals surface area contributed by atoms with Crippen molar-refractivity contribution < 1.29 is 13.2 Å². The second kappa shape index (κ2) is 9.97. The van der Waals surface area contributed by atoms with Crippen LogP contribution in [0.5, 0.6) is 0 Å². The molecule has 1 amide bonds. The first kappa shape index (κ1) is 25.2. The highest BCUT2D eigenvalue weighted by atomic mass is 32.2. The number of nitriles is 1. The van der Waals surface area contributed by atoms with Gasteiger partial charge in [0.05, 0.1) is 22.5 Å². The average Bonchev–Trinajstić information content (AvgIpc) is 3.32. The number of nitrogens with one attached hydrogen (secondary N) is 1. The number of sulfone groups is 1. The van der Waals surface area contributed by atoms with Gasteiger partial charge in [-0.05, 0) is 37.0 Å². The van der Waals surface area contributed by atoms with Gasteiger partial charge in [-0.1, -0.05) is 54.3 Å². The highest BCUT2D eigenvalue weighted by molar-refractivity contribution is 8.26. The maximum Gasteiger partial charge on any atom is 0.270 e. The van der Waals surface area contributed by atoms with Gasteiger partial charge in [0.2, 0.25) is 0 Å². The predicted octanol–water partition coefficient (Wildman–Crippen LogP) is 2.61. The third-order valence-electron chi connectivity index (χ3n) is 6.22. The maximum absolute atomic E-state index is 13.2. The number of pyridine rings is 1. The molecule has 2 aliphatic rings. The molecule has 2 fully saturated rings. The first-order valence-corrected chi connectivity index (χ1v) is 14.1. The van der Waals surface area contributed by atoms with E-state index in [2.05, 4.69) is 5.32 Å². The number of rotatable bonds is 6. The second-order valence-electron chi connectivity index (χ2n) is 8.51. The minimum Gasteiger partial charge on any atom is -0.371 e. The van der Waals surface area contributed by atoms with E-state index in [4.69, 9.17) is 12.2 Å². The number of benzene rings is 1. The number of nitrogens with zero attached hydrogens (tertiary/aromatic N) is 3. The smallest absolute Gasteiger partial charge is 0.270 e. The summed E-state index contributed by atoms with van der Waals surface area (Å²) in [5.74, 6) is 0.0748. The maximum atomic E-state index is 13.2. The number of thiocarbonyl (C=S) groups is 1. The fraction of sp³-hybridized carbons (Fsp3) is 0.333. The Balaban J connectivity index is 1.69. The summed E-state index contributed by atoms with van der Waals surface area (Å²) in [6, 6.07) is 11.4. The van der Waals surface area contributed by atoms with E-state index >= 15 is 0 Å². The molecule has 0 spiro atoms. The van der Waals surface area contributed by atoms with Crippen molar-refractivity contribution in [2.24, 2.45) is 7.05 Å². The van der Waals surface area contributed by atoms with E-state index in [1.54, 1.807) is 20.0 Å². The third-order valence-corrected chi connectivity index (χ3v) is 9.30. The summed E-state index contributed by atoms with van der Waals surface area (Å²) in [6.45, 7) is 2.21. The summed E-state index contributed by atoms with van der Waals surface area (Å²) < 4.78 is 25.6. The van der Waals surface area contributed by atoms with Gasteiger partial charge in [0.15, 0.2) is 9.84 Å². The van der Waals surface area contributed by atoms with Crippen LogP contribution in [0.3, 0.4) is 0 Å². The number of anilines is 1. The van der Waals surface area contributed by atoms with Crippen LogP contribution < -0.4 is 10.9 Å². The zero-order chi connectivity index (χ0) is 25.3. The molecule has 8 nitrogen and oxygen atoms in total. The summed E-state index contributed by atoms with van der Waals surface area (Å²) >= 11 is 6.52. The normalized spacial score (nSPS) is 20.4. The van der Waals surface area contributed by atoms with Crippen molar-refractivity contribution in [1.29, 1.82) is 5.26 Å². The van der Waals surface area contributed by atoms with Gasteiger partial charge < -0.3 is 5.32 Å². The van der Waals surface area contributed by atoms with Gasteiger partial charge in [-0.25, -0.2) is 8.42 Å². The van der Waals surface area contributed by atoms with Gasteiger partial charge >= 0.3 is 0 Å². The van der Waals surface area contributed by atoms with Crippen molar-refractivity contribution in [1.82, 2.24) is 9.47 Å². The Hall–Kier alpha value is -2.94. The molecule has 0 aliphatic carbocycles. The number of hydrogen-bond acceptors (Lipinski definition) is 8. The van der Waals surface area contributed by atoms with Crippen LogP contribution in [0, 0.1) is 18.3 Å². The molecule has 3 heterocycles. The van der Waals surface area contributed by atoms with Crippen LogP contribution in [0.4, 0.5) is 5.82 Å². The van der Waals surface area contributed by atoms with Crippen molar-refractivity contribution in [2.45, 2.75) is 25.8 Å². The lowest BCUT2D eigenvalue weighted by molar-refractivity contribution is -0.123. The van der Waals surface area contributed by atoms with Gasteiger partial charge in [0, 0.05) is 19.2 Å². The molecule has 1 N–H and O–H groups in total. The molecule has 1 aromatic heterocycles. The van der Waals surface area contributed by atoms with Crippen LogP contribution in [0.1, 0.15) is 28.7 Å². The molecular weight excluding hydrogens is 504 g/mol. The molecule has 11 heteroatoms. The number of thioether (sulfide) groups is 1. The van der Waals surface area contributed by atoms with Crippen LogP contribution in [-0.4, -0.2) is 52.2 Å². The van der Waals surface area contributed by atoms with Crippen molar-refractivity contribution in [3.63, 3.8) is 0 Å². The molecule has 1 aromatic carbocycles. The molecule has 0 radical (unpaired) electrons. The van der Waals surface area contributed by atoms with Gasteiger partial charge in [0.25, 0.3) is 11.5 Å². The lowest BCUT2D eigenvalue weighted by Gasteiger charge is -2.21. The first-order valence-electron chi connectivity index (χ1n) is 11.0. The summed E-state index contributed by atoms with van der Waals surface area (Å²) in [7, 11) is -1.61. The van der Waals surface area contributed by atoms with Gasteiger partial charge in [-0.15, -0.1) is 0 Å². The summed E-state index contributed by atoms with van der Waals surface area (Å²) in [5.41, 5.74) is 1.73. The molecule has 2 aliphatic heterocycles. The first-order chi connectivity index (χ1) is 16.6.